The van der Waals surface area contributed by atoms with Crippen molar-refractivity contribution in [2.24, 2.45) is 0 Å². The first kappa shape index (κ1) is 14.4. The van der Waals surface area contributed by atoms with E-state index in [2.05, 4.69) is 14.5 Å². The van der Waals surface area contributed by atoms with Gasteiger partial charge in [-0.2, -0.15) is 8.78 Å². The summed E-state index contributed by atoms with van der Waals surface area (Å²) >= 11 is 1.08. The van der Waals surface area contributed by atoms with Gasteiger partial charge >= 0.3 is 12.6 Å². The topological polar surface area (TPSA) is 48.4 Å². The molecule has 0 unspecified atom stereocenters. The zero-order chi connectivity index (χ0) is 14.7. The monoisotopic (exact) mass is 299 g/mol. The number of halogens is 2. The Labute approximate surface area is 118 Å². The highest BCUT2D eigenvalue weighted by Gasteiger charge is 2.19. The van der Waals surface area contributed by atoms with E-state index < -0.39 is 12.6 Å². The zero-order valence-electron chi connectivity index (χ0n) is 10.7. The summed E-state index contributed by atoms with van der Waals surface area (Å²) in [5.74, 6) is -0.480. The van der Waals surface area contributed by atoms with Crippen LogP contribution in [-0.2, 0) is 4.74 Å². The number of alkyl halides is 2. The zero-order valence-corrected chi connectivity index (χ0v) is 11.5. The third-order valence-electron chi connectivity index (χ3n) is 2.50. The molecule has 4 nitrogen and oxygen atoms in total. The summed E-state index contributed by atoms with van der Waals surface area (Å²) in [5, 5.41) is 0.430. The van der Waals surface area contributed by atoms with E-state index in [1.807, 2.05) is 0 Å². The van der Waals surface area contributed by atoms with Gasteiger partial charge in [0, 0.05) is 0 Å². The maximum atomic E-state index is 12.4. The number of rotatable bonds is 4. The summed E-state index contributed by atoms with van der Waals surface area (Å²) in [6.45, 7) is -1.26. The van der Waals surface area contributed by atoms with Gasteiger partial charge < -0.3 is 9.47 Å². The van der Waals surface area contributed by atoms with Crippen molar-refractivity contribution >= 4 is 17.3 Å². The van der Waals surface area contributed by atoms with Gasteiger partial charge in [-0.3, -0.25) is 0 Å². The second-order valence-electron chi connectivity index (χ2n) is 3.80. The lowest BCUT2D eigenvalue weighted by atomic mass is 10.2. The average molecular weight is 299 g/mol. The van der Waals surface area contributed by atoms with Gasteiger partial charge in [0.1, 0.15) is 15.6 Å². The molecule has 2 aromatic rings. The van der Waals surface area contributed by atoms with E-state index in [1.54, 1.807) is 25.1 Å². The second-order valence-corrected chi connectivity index (χ2v) is 4.80. The SMILES string of the molecule is COC(=O)c1sc(-c2ccccc2OC(F)F)nc1C. The van der Waals surface area contributed by atoms with Crippen molar-refractivity contribution in [3.05, 3.63) is 34.8 Å². The highest BCUT2D eigenvalue weighted by atomic mass is 32.1. The molecule has 1 aromatic carbocycles. The van der Waals surface area contributed by atoms with Crippen molar-refractivity contribution in [1.82, 2.24) is 4.98 Å². The molecule has 106 valence electrons. The number of aryl methyl sites for hydroxylation is 1. The number of ether oxygens (including phenoxy) is 2. The van der Waals surface area contributed by atoms with Crippen LogP contribution in [0.3, 0.4) is 0 Å². The number of esters is 1. The number of hydrogen-bond donors (Lipinski definition) is 0. The highest BCUT2D eigenvalue weighted by Crippen LogP contribution is 2.35. The maximum absolute atomic E-state index is 12.4. The van der Waals surface area contributed by atoms with Crippen molar-refractivity contribution in [3.63, 3.8) is 0 Å². The van der Waals surface area contributed by atoms with Crippen molar-refractivity contribution in [1.29, 1.82) is 0 Å². The summed E-state index contributed by atoms with van der Waals surface area (Å²) < 4.78 is 33.8. The molecule has 0 fully saturated rings. The van der Waals surface area contributed by atoms with Crippen LogP contribution in [0, 0.1) is 6.92 Å². The second kappa shape index (κ2) is 5.96. The van der Waals surface area contributed by atoms with Gasteiger partial charge in [-0.05, 0) is 19.1 Å². The Balaban J connectivity index is 2.44. The summed E-state index contributed by atoms with van der Waals surface area (Å²) in [5.41, 5.74) is 0.903. The number of aromatic nitrogens is 1. The molecular formula is C13H11F2NO3S. The minimum Gasteiger partial charge on any atom is -0.465 e. The number of thiazole rings is 1. The number of benzene rings is 1. The van der Waals surface area contributed by atoms with E-state index in [-0.39, 0.29) is 5.75 Å². The van der Waals surface area contributed by atoms with Crippen LogP contribution >= 0.6 is 11.3 Å². The Morgan fingerprint density at radius 1 is 1.35 bits per heavy atom. The van der Waals surface area contributed by atoms with Crippen LogP contribution in [0.25, 0.3) is 10.6 Å². The number of nitrogens with zero attached hydrogens (tertiary/aromatic N) is 1. The lowest BCUT2D eigenvalue weighted by molar-refractivity contribution is -0.0494. The molecule has 20 heavy (non-hydrogen) atoms. The Morgan fingerprint density at radius 3 is 2.70 bits per heavy atom. The molecule has 0 saturated carbocycles. The fourth-order valence-electron chi connectivity index (χ4n) is 1.64. The Kier molecular flexibility index (Phi) is 4.29. The average Bonchev–Trinajstić information content (AvgIpc) is 2.80. The maximum Gasteiger partial charge on any atom is 0.387 e. The van der Waals surface area contributed by atoms with Crippen molar-refractivity contribution in [2.45, 2.75) is 13.5 Å². The van der Waals surface area contributed by atoms with Crippen LogP contribution in [0.15, 0.2) is 24.3 Å². The van der Waals surface area contributed by atoms with Gasteiger partial charge in [-0.25, -0.2) is 9.78 Å². The summed E-state index contributed by atoms with van der Waals surface area (Å²) in [7, 11) is 1.27. The standard InChI is InChI=1S/C13H11F2NO3S/c1-7-10(12(17)18-2)20-11(16-7)8-5-3-4-6-9(8)19-13(14)15/h3-6,13H,1-2H3. The van der Waals surface area contributed by atoms with E-state index >= 15 is 0 Å². The van der Waals surface area contributed by atoms with Crippen LogP contribution in [-0.4, -0.2) is 24.7 Å². The van der Waals surface area contributed by atoms with Crippen LogP contribution in [0.2, 0.25) is 0 Å². The molecule has 1 aromatic heterocycles. The largest absolute Gasteiger partial charge is 0.465 e. The normalized spacial score (nSPS) is 10.7. The van der Waals surface area contributed by atoms with Crippen molar-refractivity contribution in [3.8, 4) is 16.3 Å². The van der Waals surface area contributed by atoms with Gasteiger partial charge in [-0.1, -0.05) is 12.1 Å². The van der Waals surface area contributed by atoms with Crippen LogP contribution < -0.4 is 4.74 Å². The fourth-order valence-corrected chi connectivity index (χ4v) is 2.65. The van der Waals surface area contributed by atoms with Crippen molar-refractivity contribution < 1.29 is 23.0 Å². The number of para-hydroxylation sites is 1. The van der Waals surface area contributed by atoms with E-state index in [9.17, 15) is 13.6 Å². The summed E-state index contributed by atoms with van der Waals surface area (Å²) in [6, 6.07) is 6.30. The third-order valence-corrected chi connectivity index (χ3v) is 3.67. The highest BCUT2D eigenvalue weighted by molar-refractivity contribution is 7.17. The molecule has 0 spiro atoms. The molecule has 1 heterocycles. The number of carbonyl (C=O) groups is 1. The molecule has 0 aliphatic carbocycles. The van der Waals surface area contributed by atoms with Gasteiger partial charge in [0.2, 0.25) is 0 Å². The summed E-state index contributed by atoms with van der Waals surface area (Å²) in [6.07, 6.45) is 0. The molecule has 0 amide bonds. The first-order valence-electron chi connectivity index (χ1n) is 5.63. The smallest absolute Gasteiger partial charge is 0.387 e. The van der Waals surface area contributed by atoms with Gasteiger partial charge in [0.25, 0.3) is 0 Å². The molecule has 0 aliphatic rings. The first-order chi connectivity index (χ1) is 9.52. The van der Waals surface area contributed by atoms with Crippen LogP contribution in [0.1, 0.15) is 15.4 Å². The first-order valence-corrected chi connectivity index (χ1v) is 6.44. The van der Waals surface area contributed by atoms with Gasteiger partial charge in [0.05, 0.1) is 18.4 Å². The molecule has 0 bridgehead atoms. The third kappa shape index (κ3) is 2.93. The minimum atomic E-state index is -2.92. The predicted octanol–water partition coefficient (Wildman–Crippen LogP) is 3.51. The molecule has 0 atom stereocenters. The molecule has 0 radical (unpaired) electrons. The molecule has 7 heteroatoms. The van der Waals surface area contributed by atoms with Crippen LogP contribution in [0.4, 0.5) is 8.78 Å². The van der Waals surface area contributed by atoms with E-state index in [0.717, 1.165) is 11.3 Å². The lowest BCUT2D eigenvalue weighted by Crippen LogP contribution is -2.02. The van der Waals surface area contributed by atoms with E-state index in [4.69, 9.17) is 0 Å². The van der Waals surface area contributed by atoms with Gasteiger partial charge in [-0.15, -0.1) is 11.3 Å². The molecule has 2 rings (SSSR count). The lowest BCUT2D eigenvalue weighted by Gasteiger charge is -2.07. The fraction of sp³-hybridized carbons (Fsp3) is 0.231. The Bertz CT molecular complexity index is 628. The number of hydrogen-bond acceptors (Lipinski definition) is 5. The molecule has 0 aliphatic heterocycles. The number of carbonyl (C=O) groups excluding carboxylic acids is 1. The van der Waals surface area contributed by atoms with E-state index in [0.29, 0.717) is 21.1 Å². The van der Waals surface area contributed by atoms with Crippen molar-refractivity contribution in [2.75, 3.05) is 7.11 Å². The quantitative estimate of drug-likeness (QED) is 0.811. The Hall–Kier alpha value is -2.02. The summed E-state index contributed by atoms with van der Waals surface area (Å²) in [4.78, 5) is 16.1. The van der Waals surface area contributed by atoms with Crippen LogP contribution in [0.5, 0.6) is 5.75 Å². The Morgan fingerprint density at radius 2 is 2.05 bits per heavy atom. The predicted molar refractivity (Wildman–Crippen MR) is 70.3 cm³/mol. The van der Waals surface area contributed by atoms with Gasteiger partial charge in [0.15, 0.2) is 0 Å². The molecular weight excluding hydrogens is 288 g/mol. The minimum absolute atomic E-state index is 0.0210. The van der Waals surface area contributed by atoms with E-state index in [1.165, 1.54) is 13.2 Å². The molecule has 0 saturated heterocycles. The molecule has 0 N–H and O–H groups in total. The number of methoxy groups -OCH3 is 1.